The minimum absolute atomic E-state index is 0.0660. The molecule has 2 N–H and O–H groups in total. The molecule has 3 aromatic heterocycles. The second-order valence-corrected chi connectivity index (χ2v) is 9.55. The molecule has 3 heterocycles. The van der Waals surface area contributed by atoms with Gasteiger partial charge in [-0.05, 0) is 42.3 Å². The molecule has 0 aliphatic carbocycles. The Labute approximate surface area is 226 Å². The number of hydrogen-bond donors (Lipinski definition) is 2. The van der Waals surface area contributed by atoms with Gasteiger partial charge < -0.3 is 14.9 Å². The Morgan fingerprint density at radius 1 is 1.05 bits per heavy atom. The summed E-state index contributed by atoms with van der Waals surface area (Å²) in [5.41, 5.74) is 2.21. The van der Waals surface area contributed by atoms with Gasteiger partial charge in [0.1, 0.15) is 11.6 Å². The molecule has 1 atom stereocenters. The van der Waals surface area contributed by atoms with Crippen LogP contribution in [-0.2, 0) is 18.3 Å². The second kappa shape index (κ2) is 10.4. The highest BCUT2D eigenvalue weighted by Gasteiger charge is 2.31. The van der Waals surface area contributed by atoms with Crippen molar-refractivity contribution in [3.05, 3.63) is 106 Å². The lowest BCUT2D eigenvalue weighted by Crippen LogP contribution is -2.20. The third-order valence-corrected chi connectivity index (χ3v) is 6.72. The number of H-pyrrole nitrogens is 1. The van der Waals surface area contributed by atoms with E-state index in [1.165, 1.54) is 43.7 Å². The van der Waals surface area contributed by atoms with Crippen LogP contribution in [-0.4, -0.2) is 26.6 Å². The number of alkyl halides is 3. The van der Waals surface area contributed by atoms with Gasteiger partial charge in [0.25, 0.3) is 5.56 Å². The topological polar surface area (TPSA) is 79.8 Å². The first kappa shape index (κ1) is 26.9. The number of nitrogens with zero attached hydrogens (tertiary/aromatic N) is 2. The smallest absolute Gasteiger partial charge is 0.354 e. The van der Waals surface area contributed by atoms with Gasteiger partial charge in [-0.15, -0.1) is 0 Å². The van der Waals surface area contributed by atoms with Gasteiger partial charge >= 0.3 is 6.18 Å². The summed E-state index contributed by atoms with van der Waals surface area (Å²) in [4.78, 5) is 33.5. The largest absolute Gasteiger partial charge is 0.393 e. The van der Waals surface area contributed by atoms with Gasteiger partial charge in [0.05, 0.1) is 28.9 Å². The predicted molar refractivity (Wildman–Crippen MR) is 145 cm³/mol. The highest BCUT2D eigenvalue weighted by molar-refractivity contribution is 6.05. The number of amides is 1. The van der Waals surface area contributed by atoms with Crippen LogP contribution in [0.4, 0.5) is 23.4 Å². The summed E-state index contributed by atoms with van der Waals surface area (Å²) in [7, 11) is 1.42. The van der Waals surface area contributed by atoms with E-state index in [1.54, 1.807) is 49.4 Å². The average Bonchev–Trinajstić information content (AvgIpc) is 3.33. The number of anilines is 1. The van der Waals surface area contributed by atoms with Gasteiger partial charge in [0.2, 0.25) is 5.91 Å². The first-order valence-corrected chi connectivity index (χ1v) is 12.4. The zero-order chi connectivity index (χ0) is 28.6. The summed E-state index contributed by atoms with van der Waals surface area (Å²) in [5, 5.41) is 2.89. The van der Waals surface area contributed by atoms with Crippen molar-refractivity contribution < 1.29 is 22.4 Å². The van der Waals surface area contributed by atoms with Crippen LogP contribution >= 0.6 is 0 Å². The lowest BCUT2D eigenvalue weighted by atomic mass is 9.98. The van der Waals surface area contributed by atoms with Crippen molar-refractivity contribution in [1.82, 2.24) is 14.5 Å². The minimum Gasteiger partial charge on any atom is -0.354 e. The molecule has 0 spiro atoms. The Kier molecular flexibility index (Phi) is 7.01. The normalized spacial score (nSPS) is 12.4. The molecule has 10 heteroatoms. The van der Waals surface area contributed by atoms with E-state index < -0.39 is 29.9 Å². The summed E-state index contributed by atoms with van der Waals surface area (Å²) in [6.07, 6.45) is -3.05. The van der Waals surface area contributed by atoms with Crippen LogP contribution in [0.2, 0.25) is 0 Å². The van der Waals surface area contributed by atoms with E-state index in [9.17, 15) is 27.2 Å². The van der Waals surface area contributed by atoms with Crippen LogP contribution in [0.1, 0.15) is 24.0 Å². The molecule has 0 aliphatic rings. The fourth-order valence-electron chi connectivity index (χ4n) is 4.74. The Balaban J connectivity index is 1.62. The molecule has 0 radical (unpaired) electrons. The van der Waals surface area contributed by atoms with Crippen molar-refractivity contribution in [3.8, 4) is 22.4 Å². The molecule has 5 aromatic rings. The van der Waals surface area contributed by atoms with E-state index in [4.69, 9.17) is 0 Å². The maximum Gasteiger partial charge on any atom is 0.393 e. The number of carbonyl (C=O) groups is 1. The molecule has 2 aromatic carbocycles. The van der Waals surface area contributed by atoms with E-state index in [1.807, 2.05) is 0 Å². The Bertz CT molecular complexity index is 1760. The van der Waals surface area contributed by atoms with Gasteiger partial charge in [-0.3, -0.25) is 9.59 Å². The van der Waals surface area contributed by atoms with E-state index >= 15 is 0 Å². The minimum atomic E-state index is -4.49. The van der Waals surface area contributed by atoms with Gasteiger partial charge in [-0.2, -0.15) is 13.2 Å². The van der Waals surface area contributed by atoms with Crippen molar-refractivity contribution in [2.24, 2.45) is 7.05 Å². The number of nitrogens with one attached hydrogen (secondary N) is 2. The summed E-state index contributed by atoms with van der Waals surface area (Å²) in [6, 6.07) is 17.7. The highest BCUT2D eigenvalue weighted by atomic mass is 19.4. The second-order valence-electron chi connectivity index (χ2n) is 9.55. The first-order valence-electron chi connectivity index (χ1n) is 12.4. The van der Waals surface area contributed by atoms with E-state index in [-0.39, 0.29) is 28.2 Å². The molecule has 0 saturated heterocycles. The van der Waals surface area contributed by atoms with Gasteiger partial charge in [-0.25, -0.2) is 9.37 Å². The summed E-state index contributed by atoms with van der Waals surface area (Å²) >= 11 is 0. The fraction of sp³-hybridized carbons (Fsp3) is 0.167. The van der Waals surface area contributed by atoms with E-state index in [0.29, 0.717) is 27.9 Å². The molecule has 5 rings (SSSR count). The zero-order valence-corrected chi connectivity index (χ0v) is 21.5. The van der Waals surface area contributed by atoms with Crippen molar-refractivity contribution in [1.29, 1.82) is 0 Å². The third-order valence-electron chi connectivity index (χ3n) is 6.72. The predicted octanol–water partition coefficient (Wildman–Crippen LogP) is 6.58. The van der Waals surface area contributed by atoms with Crippen molar-refractivity contribution in [2.45, 2.75) is 25.4 Å². The number of fused-ring (bicyclic) bond motifs is 1. The molecule has 0 saturated carbocycles. The SMILES string of the molecule is C[C@H](C(=O)Nc1cc(-c2[nH]c3c(CC(F)(F)F)cn(C)c(=O)c3c2-c2ccccc2)ccn1)c1ccc(F)cc1. The molecule has 40 heavy (non-hydrogen) atoms. The van der Waals surface area contributed by atoms with Crippen LogP contribution in [0.25, 0.3) is 33.3 Å². The quantitative estimate of drug-likeness (QED) is 0.235. The maximum absolute atomic E-state index is 13.5. The molecule has 1 amide bonds. The number of aromatic nitrogens is 3. The van der Waals surface area contributed by atoms with Crippen molar-refractivity contribution in [2.75, 3.05) is 5.32 Å². The average molecular weight is 549 g/mol. The Hall–Kier alpha value is -4.73. The van der Waals surface area contributed by atoms with Crippen LogP contribution in [0, 0.1) is 5.82 Å². The Morgan fingerprint density at radius 3 is 2.42 bits per heavy atom. The standard InChI is InChI=1S/C30H24F4N4O2/c1-17(18-8-10-22(31)11-9-18)28(39)36-23-14-20(12-13-35-23)26-24(19-6-4-3-5-7-19)25-27(37-26)21(15-30(32,33)34)16-38(2)29(25)40/h3-14,16-17,37H,15H2,1-2H3,(H,35,36,39)/t17-/m0/s1. The number of halogens is 4. The summed E-state index contributed by atoms with van der Waals surface area (Å²) < 4.78 is 54.9. The lowest BCUT2D eigenvalue weighted by molar-refractivity contribution is -0.127. The molecular weight excluding hydrogens is 524 g/mol. The van der Waals surface area contributed by atoms with Crippen molar-refractivity contribution >= 4 is 22.6 Å². The Morgan fingerprint density at radius 2 is 1.75 bits per heavy atom. The molecule has 0 unspecified atom stereocenters. The number of rotatable bonds is 6. The van der Waals surface area contributed by atoms with Crippen LogP contribution in [0.5, 0.6) is 0 Å². The number of hydrogen-bond acceptors (Lipinski definition) is 3. The van der Waals surface area contributed by atoms with Gasteiger partial charge in [0.15, 0.2) is 0 Å². The molecular formula is C30H24F4N4O2. The van der Waals surface area contributed by atoms with Crippen LogP contribution < -0.4 is 10.9 Å². The number of aromatic amines is 1. The molecule has 0 fully saturated rings. The fourth-order valence-corrected chi connectivity index (χ4v) is 4.74. The van der Waals surface area contributed by atoms with Crippen molar-refractivity contribution in [3.63, 3.8) is 0 Å². The lowest BCUT2D eigenvalue weighted by Gasteiger charge is -2.13. The number of benzene rings is 2. The van der Waals surface area contributed by atoms with Crippen LogP contribution in [0.15, 0.2) is 83.9 Å². The molecule has 0 bridgehead atoms. The van der Waals surface area contributed by atoms with Gasteiger partial charge in [0, 0.05) is 36.1 Å². The maximum atomic E-state index is 13.5. The molecule has 6 nitrogen and oxygen atoms in total. The monoisotopic (exact) mass is 548 g/mol. The van der Waals surface area contributed by atoms with E-state index in [2.05, 4.69) is 15.3 Å². The summed E-state index contributed by atoms with van der Waals surface area (Å²) in [6.45, 7) is 1.68. The number of carbonyl (C=O) groups excluding carboxylic acids is 1. The number of pyridine rings is 2. The van der Waals surface area contributed by atoms with E-state index in [0.717, 1.165) is 4.57 Å². The highest BCUT2D eigenvalue weighted by Crippen LogP contribution is 2.39. The zero-order valence-electron chi connectivity index (χ0n) is 21.5. The van der Waals surface area contributed by atoms with Crippen LogP contribution in [0.3, 0.4) is 0 Å². The molecule has 204 valence electrons. The number of aryl methyl sites for hydroxylation is 1. The summed E-state index contributed by atoms with van der Waals surface area (Å²) in [5.74, 6) is -1.19. The van der Waals surface area contributed by atoms with Gasteiger partial charge in [-0.1, -0.05) is 42.5 Å². The third kappa shape index (κ3) is 5.38. The molecule has 0 aliphatic heterocycles. The first-order chi connectivity index (χ1) is 19.0.